The fourth-order valence-corrected chi connectivity index (χ4v) is 3.02. The van der Waals surface area contributed by atoms with E-state index in [1.165, 1.54) is 11.8 Å². The lowest BCUT2D eigenvalue weighted by molar-refractivity contribution is 0.494. The first kappa shape index (κ1) is 14.7. The van der Waals surface area contributed by atoms with Crippen LogP contribution in [0.25, 0.3) is 17.3 Å². The van der Waals surface area contributed by atoms with Crippen molar-refractivity contribution < 1.29 is 8.83 Å². The lowest BCUT2D eigenvalue weighted by atomic mass is 10.2. The van der Waals surface area contributed by atoms with E-state index in [2.05, 4.69) is 33.4 Å². The highest BCUT2D eigenvalue weighted by molar-refractivity contribution is 7.98. The summed E-state index contributed by atoms with van der Waals surface area (Å²) in [5, 5.41) is 17.0. The molecule has 0 radical (unpaired) electrons. The van der Waals surface area contributed by atoms with Gasteiger partial charge in [-0.15, -0.1) is 20.4 Å². The molecule has 0 aliphatic rings. The Labute approximate surface area is 141 Å². The number of hydrogen-bond donors (Lipinski definition) is 0. The van der Waals surface area contributed by atoms with E-state index in [0.717, 1.165) is 16.4 Å². The van der Waals surface area contributed by atoms with Gasteiger partial charge in [-0.2, -0.15) is 0 Å². The van der Waals surface area contributed by atoms with Crippen molar-refractivity contribution in [2.45, 2.75) is 17.8 Å². The molecule has 0 aliphatic heterocycles. The van der Waals surface area contributed by atoms with Crippen LogP contribution >= 0.6 is 11.8 Å². The van der Waals surface area contributed by atoms with Gasteiger partial charge in [-0.3, -0.25) is 4.57 Å². The van der Waals surface area contributed by atoms with Crippen molar-refractivity contribution >= 4 is 11.8 Å². The lowest BCUT2D eigenvalue weighted by Gasteiger charge is -2.08. The van der Waals surface area contributed by atoms with Crippen LogP contribution in [-0.2, 0) is 5.75 Å². The van der Waals surface area contributed by atoms with Crippen molar-refractivity contribution in [2.24, 2.45) is 0 Å². The summed E-state index contributed by atoms with van der Waals surface area (Å²) in [4.78, 5) is 0. The number of nitrogens with zero attached hydrogens (tertiary/aromatic N) is 5. The fraction of sp³-hybridized carbons (Fsp3) is 0.125. The minimum Gasteiger partial charge on any atom is -0.459 e. The largest absolute Gasteiger partial charge is 0.459 e. The van der Waals surface area contributed by atoms with Gasteiger partial charge in [0.1, 0.15) is 6.33 Å². The minimum atomic E-state index is 0.371. The van der Waals surface area contributed by atoms with E-state index in [1.807, 2.05) is 22.8 Å². The highest BCUT2D eigenvalue weighted by Crippen LogP contribution is 2.26. The van der Waals surface area contributed by atoms with Crippen LogP contribution in [0.1, 0.15) is 11.5 Å². The van der Waals surface area contributed by atoms with Crippen LogP contribution in [0, 0.1) is 6.92 Å². The van der Waals surface area contributed by atoms with Gasteiger partial charge in [0.15, 0.2) is 10.9 Å². The Morgan fingerprint density at radius 1 is 1.08 bits per heavy atom. The molecule has 0 unspecified atom stereocenters. The molecule has 120 valence electrons. The van der Waals surface area contributed by atoms with E-state index >= 15 is 0 Å². The summed E-state index contributed by atoms with van der Waals surface area (Å²) in [6.07, 6.45) is 3.27. The third-order valence-electron chi connectivity index (χ3n) is 3.42. The molecule has 0 amide bonds. The van der Waals surface area contributed by atoms with Crippen LogP contribution in [0.3, 0.4) is 0 Å². The lowest BCUT2D eigenvalue weighted by Crippen LogP contribution is -1.97. The molecule has 3 heterocycles. The number of rotatable bonds is 5. The summed E-state index contributed by atoms with van der Waals surface area (Å²) in [5.41, 5.74) is 2.20. The van der Waals surface area contributed by atoms with Gasteiger partial charge >= 0.3 is 0 Å². The highest BCUT2D eigenvalue weighted by Gasteiger charge is 2.14. The number of furan rings is 1. The summed E-state index contributed by atoms with van der Waals surface area (Å²) in [5.74, 6) is 1.93. The second kappa shape index (κ2) is 6.32. The standard InChI is InChI=1S/C16H13N5O2S/c1-11-5-2-3-6-12(11)21-10-17-20-16(21)24-9-14-18-19-15(23-14)13-7-4-8-22-13/h2-8,10H,9H2,1H3. The van der Waals surface area contributed by atoms with Gasteiger partial charge in [0, 0.05) is 0 Å². The number of thioether (sulfide) groups is 1. The van der Waals surface area contributed by atoms with Crippen molar-refractivity contribution in [3.8, 4) is 17.3 Å². The van der Waals surface area contributed by atoms with E-state index in [0.29, 0.717) is 23.3 Å². The quantitative estimate of drug-likeness (QED) is 0.514. The smallest absolute Gasteiger partial charge is 0.283 e. The summed E-state index contributed by atoms with van der Waals surface area (Å²) in [7, 11) is 0. The molecular weight excluding hydrogens is 326 g/mol. The van der Waals surface area contributed by atoms with Crippen molar-refractivity contribution in [3.05, 3.63) is 60.4 Å². The molecule has 0 saturated heterocycles. The van der Waals surface area contributed by atoms with Crippen LogP contribution in [0.15, 0.2) is 63.0 Å². The van der Waals surface area contributed by atoms with Gasteiger partial charge in [-0.25, -0.2) is 0 Å². The van der Waals surface area contributed by atoms with Crippen LogP contribution in [-0.4, -0.2) is 25.0 Å². The molecule has 0 atom stereocenters. The molecule has 4 rings (SSSR count). The molecule has 0 fully saturated rings. The number of aryl methyl sites for hydroxylation is 1. The summed E-state index contributed by atoms with van der Waals surface area (Å²) >= 11 is 1.48. The molecule has 3 aromatic heterocycles. The molecule has 7 nitrogen and oxygen atoms in total. The zero-order chi connectivity index (χ0) is 16.4. The van der Waals surface area contributed by atoms with E-state index in [9.17, 15) is 0 Å². The van der Waals surface area contributed by atoms with E-state index in [4.69, 9.17) is 8.83 Å². The average Bonchev–Trinajstić information content (AvgIpc) is 3.34. The molecule has 24 heavy (non-hydrogen) atoms. The maximum atomic E-state index is 5.60. The van der Waals surface area contributed by atoms with Crippen LogP contribution in [0.4, 0.5) is 0 Å². The number of aromatic nitrogens is 5. The Kier molecular flexibility index (Phi) is 3.87. The van der Waals surface area contributed by atoms with Crippen molar-refractivity contribution in [1.82, 2.24) is 25.0 Å². The summed E-state index contributed by atoms with van der Waals surface area (Å²) < 4.78 is 12.8. The first-order valence-corrected chi connectivity index (χ1v) is 8.25. The second-order valence-electron chi connectivity index (χ2n) is 5.04. The molecular formula is C16H13N5O2S. The van der Waals surface area contributed by atoms with E-state index in [-0.39, 0.29) is 0 Å². The normalized spacial score (nSPS) is 11.0. The predicted octanol–water partition coefficient (Wildman–Crippen LogP) is 3.51. The predicted molar refractivity (Wildman–Crippen MR) is 87.7 cm³/mol. The van der Waals surface area contributed by atoms with Crippen LogP contribution in [0.5, 0.6) is 0 Å². The van der Waals surface area contributed by atoms with Gasteiger partial charge < -0.3 is 8.83 Å². The van der Waals surface area contributed by atoms with Gasteiger partial charge in [0.05, 0.1) is 17.7 Å². The zero-order valence-corrected chi connectivity index (χ0v) is 13.6. The Balaban J connectivity index is 1.52. The highest BCUT2D eigenvalue weighted by atomic mass is 32.2. The third-order valence-corrected chi connectivity index (χ3v) is 4.34. The molecule has 0 N–H and O–H groups in total. The zero-order valence-electron chi connectivity index (χ0n) is 12.8. The van der Waals surface area contributed by atoms with Gasteiger partial charge in [0.2, 0.25) is 5.89 Å². The maximum absolute atomic E-state index is 5.60. The van der Waals surface area contributed by atoms with Gasteiger partial charge in [-0.05, 0) is 30.7 Å². The Bertz CT molecular complexity index is 945. The summed E-state index contributed by atoms with van der Waals surface area (Å²) in [6, 6.07) is 11.6. The molecule has 0 bridgehead atoms. The fourth-order valence-electron chi connectivity index (χ4n) is 2.26. The Hall–Kier alpha value is -2.87. The third kappa shape index (κ3) is 2.83. The molecule has 1 aromatic carbocycles. The molecule has 0 saturated carbocycles. The van der Waals surface area contributed by atoms with Gasteiger partial charge in [-0.1, -0.05) is 30.0 Å². The molecule has 0 spiro atoms. The second-order valence-corrected chi connectivity index (χ2v) is 5.98. The van der Waals surface area contributed by atoms with Crippen molar-refractivity contribution in [3.63, 3.8) is 0 Å². The van der Waals surface area contributed by atoms with Crippen LogP contribution in [0.2, 0.25) is 0 Å². The van der Waals surface area contributed by atoms with E-state index in [1.54, 1.807) is 24.7 Å². The Morgan fingerprint density at radius 3 is 2.83 bits per heavy atom. The summed E-state index contributed by atoms with van der Waals surface area (Å²) in [6.45, 7) is 2.05. The maximum Gasteiger partial charge on any atom is 0.283 e. The first-order chi connectivity index (χ1) is 11.8. The number of hydrogen-bond acceptors (Lipinski definition) is 7. The number of para-hydroxylation sites is 1. The monoisotopic (exact) mass is 339 g/mol. The van der Waals surface area contributed by atoms with E-state index < -0.39 is 0 Å². The molecule has 8 heteroatoms. The molecule has 4 aromatic rings. The molecule has 0 aliphatic carbocycles. The van der Waals surface area contributed by atoms with Gasteiger partial charge in [0.25, 0.3) is 5.89 Å². The van der Waals surface area contributed by atoms with Crippen molar-refractivity contribution in [2.75, 3.05) is 0 Å². The Morgan fingerprint density at radius 2 is 2.00 bits per heavy atom. The SMILES string of the molecule is Cc1ccccc1-n1cnnc1SCc1nnc(-c2ccco2)o1. The average molecular weight is 339 g/mol. The topological polar surface area (TPSA) is 82.8 Å². The number of benzene rings is 1. The first-order valence-electron chi connectivity index (χ1n) is 7.26. The van der Waals surface area contributed by atoms with Crippen molar-refractivity contribution in [1.29, 1.82) is 0 Å². The van der Waals surface area contributed by atoms with Crippen LogP contribution < -0.4 is 0 Å². The minimum absolute atomic E-state index is 0.371.